The quantitative estimate of drug-likeness (QED) is 0.624. The molecule has 0 aromatic heterocycles. The summed E-state index contributed by atoms with van der Waals surface area (Å²) < 4.78 is 0. The monoisotopic (exact) mass is 260 g/mol. The Kier molecular flexibility index (Phi) is 5.51. The van der Waals surface area contributed by atoms with Crippen LogP contribution in [0.3, 0.4) is 0 Å². The second-order valence-corrected chi connectivity index (χ2v) is 6.40. The van der Waals surface area contributed by atoms with Gasteiger partial charge in [-0.3, -0.25) is 0 Å². The molecule has 0 bridgehead atoms. The lowest BCUT2D eigenvalue weighted by molar-refractivity contribution is 0.220. The molecule has 0 radical (unpaired) electrons. The van der Waals surface area contributed by atoms with E-state index in [1.54, 1.807) is 0 Å². The fourth-order valence-corrected chi connectivity index (χ4v) is 3.67. The van der Waals surface area contributed by atoms with E-state index in [2.05, 4.69) is 36.7 Å². The molecule has 84 valence electrons. The van der Waals surface area contributed by atoms with Crippen LogP contribution in [0.25, 0.3) is 0 Å². The molecule has 1 atom stereocenters. The Morgan fingerprint density at radius 3 is 2.00 bits per heavy atom. The lowest BCUT2D eigenvalue weighted by Crippen LogP contribution is -2.24. The third kappa shape index (κ3) is 3.56. The van der Waals surface area contributed by atoms with Crippen LogP contribution in [-0.2, 0) is 0 Å². The van der Waals surface area contributed by atoms with Crippen molar-refractivity contribution in [2.24, 2.45) is 17.8 Å². The topological polar surface area (TPSA) is 0 Å². The molecule has 1 aliphatic carbocycles. The number of alkyl halides is 1. The van der Waals surface area contributed by atoms with E-state index in [-0.39, 0.29) is 0 Å². The van der Waals surface area contributed by atoms with Gasteiger partial charge >= 0.3 is 0 Å². The van der Waals surface area contributed by atoms with Gasteiger partial charge in [-0.05, 0) is 49.9 Å². The van der Waals surface area contributed by atoms with Gasteiger partial charge in [0, 0.05) is 4.83 Å². The third-order valence-electron chi connectivity index (χ3n) is 3.84. The van der Waals surface area contributed by atoms with E-state index in [0.717, 1.165) is 22.6 Å². The van der Waals surface area contributed by atoms with E-state index in [0.29, 0.717) is 0 Å². The molecule has 1 fully saturated rings. The summed E-state index contributed by atoms with van der Waals surface area (Å²) in [6.07, 6.45) is 8.52. The lowest BCUT2D eigenvalue weighted by atomic mass is 9.75. The highest BCUT2D eigenvalue weighted by molar-refractivity contribution is 9.09. The summed E-state index contributed by atoms with van der Waals surface area (Å²) in [4.78, 5) is 0.792. The molecular formula is C13H25Br. The normalized spacial score (nSPS) is 30.6. The molecule has 14 heavy (non-hydrogen) atoms. The predicted molar refractivity (Wildman–Crippen MR) is 67.9 cm³/mol. The summed E-state index contributed by atoms with van der Waals surface area (Å²) in [6.45, 7) is 7.04. The molecular weight excluding hydrogens is 236 g/mol. The average Bonchev–Trinajstić information content (AvgIpc) is 2.18. The second kappa shape index (κ2) is 6.15. The van der Waals surface area contributed by atoms with Gasteiger partial charge in [0.25, 0.3) is 0 Å². The Bertz CT molecular complexity index is 145. The molecule has 0 N–H and O–H groups in total. The van der Waals surface area contributed by atoms with Gasteiger partial charge in [0.1, 0.15) is 0 Å². The van der Waals surface area contributed by atoms with Crippen LogP contribution in [-0.4, -0.2) is 4.83 Å². The van der Waals surface area contributed by atoms with Gasteiger partial charge < -0.3 is 0 Å². The zero-order valence-electron chi connectivity index (χ0n) is 9.93. The zero-order valence-corrected chi connectivity index (χ0v) is 11.5. The van der Waals surface area contributed by atoms with Crippen LogP contribution in [0, 0.1) is 17.8 Å². The Morgan fingerprint density at radius 2 is 1.57 bits per heavy atom. The fourth-order valence-electron chi connectivity index (χ4n) is 2.68. The van der Waals surface area contributed by atoms with Crippen molar-refractivity contribution >= 4 is 15.9 Å². The van der Waals surface area contributed by atoms with E-state index in [1.807, 2.05) is 0 Å². The standard InChI is InChI=1S/C13H25Br/c1-4-5-13(14)12-8-6-11(7-9-12)10(2)3/h10-13H,4-9H2,1-3H3. The van der Waals surface area contributed by atoms with E-state index in [1.165, 1.54) is 38.5 Å². The number of hydrogen-bond donors (Lipinski definition) is 0. The Morgan fingerprint density at radius 1 is 1.07 bits per heavy atom. The van der Waals surface area contributed by atoms with Crippen LogP contribution < -0.4 is 0 Å². The molecule has 0 aromatic carbocycles. The highest BCUT2D eigenvalue weighted by Gasteiger charge is 2.26. The van der Waals surface area contributed by atoms with E-state index in [4.69, 9.17) is 0 Å². The zero-order chi connectivity index (χ0) is 10.6. The Balaban J connectivity index is 2.28. The molecule has 0 heterocycles. The minimum Gasteiger partial charge on any atom is -0.0888 e. The first-order chi connectivity index (χ1) is 6.65. The highest BCUT2D eigenvalue weighted by Crippen LogP contribution is 2.37. The van der Waals surface area contributed by atoms with Crippen molar-refractivity contribution in [2.45, 2.75) is 64.1 Å². The summed E-state index contributed by atoms with van der Waals surface area (Å²) >= 11 is 3.86. The van der Waals surface area contributed by atoms with Crippen LogP contribution in [0.2, 0.25) is 0 Å². The maximum atomic E-state index is 3.86. The summed E-state index contributed by atoms with van der Waals surface area (Å²) in [7, 11) is 0. The summed E-state index contributed by atoms with van der Waals surface area (Å²) in [5, 5.41) is 0. The summed E-state index contributed by atoms with van der Waals surface area (Å²) in [5.41, 5.74) is 0. The van der Waals surface area contributed by atoms with Gasteiger partial charge in [-0.15, -0.1) is 0 Å². The number of halogens is 1. The minimum absolute atomic E-state index is 0.792. The van der Waals surface area contributed by atoms with E-state index in [9.17, 15) is 0 Å². The van der Waals surface area contributed by atoms with Crippen LogP contribution in [0.15, 0.2) is 0 Å². The summed E-state index contributed by atoms with van der Waals surface area (Å²) in [6, 6.07) is 0. The van der Waals surface area contributed by atoms with Gasteiger partial charge in [0.15, 0.2) is 0 Å². The van der Waals surface area contributed by atoms with Gasteiger partial charge in [-0.1, -0.05) is 43.1 Å². The Hall–Kier alpha value is 0.480. The second-order valence-electron chi connectivity index (χ2n) is 5.22. The van der Waals surface area contributed by atoms with Crippen molar-refractivity contribution in [1.29, 1.82) is 0 Å². The average molecular weight is 261 g/mol. The molecule has 0 nitrogen and oxygen atoms in total. The predicted octanol–water partition coefficient (Wildman–Crippen LogP) is 5.01. The first-order valence-corrected chi connectivity index (χ1v) is 7.20. The number of hydrogen-bond acceptors (Lipinski definition) is 0. The fraction of sp³-hybridized carbons (Fsp3) is 1.00. The van der Waals surface area contributed by atoms with Crippen LogP contribution in [0.5, 0.6) is 0 Å². The van der Waals surface area contributed by atoms with Crippen molar-refractivity contribution < 1.29 is 0 Å². The lowest BCUT2D eigenvalue weighted by Gasteiger charge is -2.33. The van der Waals surface area contributed by atoms with Gasteiger partial charge in [0.2, 0.25) is 0 Å². The molecule has 1 unspecified atom stereocenters. The third-order valence-corrected chi connectivity index (χ3v) is 5.04. The molecule has 0 saturated heterocycles. The maximum Gasteiger partial charge on any atom is 0.0174 e. The largest absolute Gasteiger partial charge is 0.0888 e. The first kappa shape index (κ1) is 12.5. The van der Waals surface area contributed by atoms with Gasteiger partial charge in [-0.2, -0.15) is 0 Å². The smallest absolute Gasteiger partial charge is 0.0174 e. The molecule has 1 heteroatoms. The van der Waals surface area contributed by atoms with E-state index < -0.39 is 0 Å². The van der Waals surface area contributed by atoms with Gasteiger partial charge in [-0.25, -0.2) is 0 Å². The van der Waals surface area contributed by atoms with E-state index >= 15 is 0 Å². The molecule has 1 saturated carbocycles. The van der Waals surface area contributed by atoms with Crippen molar-refractivity contribution in [3.8, 4) is 0 Å². The Labute approximate surface area is 98.0 Å². The van der Waals surface area contributed by atoms with Crippen LogP contribution >= 0.6 is 15.9 Å². The SMILES string of the molecule is CCCC(Br)C1CCC(C(C)C)CC1. The molecule has 1 aliphatic rings. The highest BCUT2D eigenvalue weighted by atomic mass is 79.9. The maximum absolute atomic E-state index is 3.86. The molecule has 0 spiro atoms. The molecule has 0 aromatic rings. The van der Waals surface area contributed by atoms with Crippen molar-refractivity contribution in [1.82, 2.24) is 0 Å². The van der Waals surface area contributed by atoms with Crippen molar-refractivity contribution in [3.63, 3.8) is 0 Å². The minimum atomic E-state index is 0.792. The molecule has 0 amide bonds. The van der Waals surface area contributed by atoms with Crippen molar-refractivity contribution in [3.05, 3.63) is 0 Å². The van der Waals surface area contributed by atoms with Gasteiger partial charge in [0.05, 0.1) is 0 Å². The summed E-state index contributed by atoms with van der Waals surface area (Å²) in [5.74, 6) is 2.87. The van der Waals surface area contributed by atoms with Crippen molar-refractivity contribution in [2.75, 3.05) is 0 Å². The number of rotatable bonds is 4. The molecule has 1 rings (SSSR count). The molecule has 0 aliphatic heterocycles. The van der Waals surface area contributed by atoms with Crippen LogP contribution in [0.1, 0.15) is 59.3 Å². The first-order valence-electron chi connectivity index (χ1n) is 6.29. The van der Waals surface area contributed by atoms with Crippen LogP contribution in [0.4, 0.5) is 0 Å².